The van der Waals surface area contributed by atoms with E-state index in [1.807, 2.05) is 0 Å². The summed E-state index contributed by atoms with van der Waals surface area (Å²) in [4.78, 5) is 0. The molecule has 0 fully saturated rings. The molecule has 60 valence electrons. The molecule has 0 aliphatic heterocycles. The molecule has 0 aromatic carbocycles. The zero-order valence-electron chi connectivity index (χ0n) is 6.31. The van der Waals surface area contributed by atoms with Crippen LogP contribution in [0.4, 0.5) is 4.39 Å². The van der Waals surface area contributed by atoms with Gasteiger partial charge in [0.15, 0.2) is 0 Å². The van der Waals surface area contributed by atoms with E-state index in [1.54, 1.807) is 0 Å². The molecular formula is C6H11FO2S. The highest BCUT2D eigenvalue weighted by atomic mass is 32.2. The lowest BCUT2D eigenvalue weighted by Gasteiger charge is -2.16. The van der Waals surface area contributed by atoms with E-state index in [2.05, 4.69) is 6.58 Å². The normalized spacial score (nSPS) is 13.2. The zero-order chi connectivity index (χ0) is 8.58. The Bertz CT molecular complexity index is 233. The van der Waals surface area contributed by atoms with Crippen LogP contribution in [-0.2, 0) is 9.84 Å². The van der Waals surface area contributed by atoms with E-state index < -0.39 is 19.7 Å². The van der Waals surface area contributed by atoms with Gasteiger partial charge in [-0.05, 0) is 20.8 Å². The predicted molar refractivity (Wildman–Crippen MR) is 38.9 cm³/mol. The second-order valence-electron chi connectivity index (χ2n) is 2.97. The maximum atomic E-state index is 12.2. The van der Waals surface area contributed by atoms with Crippen LogP contribution in [-0.4, -0.2) is 13.2 Å². The Morgan fingerprint density at radius 1 is 1.40 bits per heavy atom. The van der Waals surface area contributed by atoms with Gasteiger partial charge in [0.1, 0.15) is 0 Å². The van der Waals surface area contributed by atoms with Crippen molar-refractivity contribution in [2.45, 2.75) is 25.5 Å². The van der Waals surface area contributed by atoms with Gasteiger partial charge in [0.25, 0.3) is 0 Å². The number of rotatable bonds is 1. The van der Waals surface area contributed by atoms with Gasteiger partial charge < -0.3 is 0 Å². The summed E-state index contributed by atoms with van der Waals surface area (Å²) in [5.74, 6) is 0. The molecule has 0 aromatic rings. The minimum absolute atomic E-state index is 1.08. The van der Waals surface area contributed by atoms with Crippen molar-refractivity contribution in [2.75, 3.05) is 0 Å². The van der Waals surface area contributed by atoms with Crippen molar-refractivity contribution in [3.8, 4) is 0 Å². The Kier molecular flexibility index (Phi) is 2.25. The first-order valence-electron chi connectivity index (χ1n) is 2.78. The van der Waals surface area contributed by atoms with E-state index in [0.29, 0.717) is 0 Å². The second kappa shape index (κ2) is 2.34. The number of hydrogen-bond donors (Lipinski definition) is 0. The molecule has 0 heterocycles. The van der Waals surface area contributed by atoms with Crippen molar-refractivity contribution in [3.05, 3.63) is 11.7 Å². The van der Waals surface area contributed by atoms with E-state index in [1.165, 1.54) is 20.8 Å². The average molecular weight is 166 g/mol. The Labute approximate surface area is 60.7 Å². The summed E-state index contributed by atoms with van der Waals surface area (Å²) in [5.41, 5.74) is 0. The molecule has 0 unspecified atom stereocenters. The standard InChI is InChI=1S/C6H11FO2S/c1-5(7)10(8,9)6(2,3)4/h1H2,2-4H3. The molecule has 0 saturated carbocycles. The molecular weight excluding hydrogens is 155 g/mol. The van der Waals surface area contributed by atoms with Crippen molar-refractivity contribution in [3.63, 3.8) is 0 Å². The molecule has 0 amide bonds. The van der Waals surface area contributed by atoms with E-state index in [-0.39, 0.29) is 0 Å². The van der Waals surface area contributed by atoms with Crippen molar-refractivity contribution in [1.29, 1.82) is 0 Å². The average Bonchev–Trinajstić information content (AvgIpc) is 1.62. The smallest absolute Gasteiger partial charge is 0.209 e. The lowest BCUT2D eigenvalue weighted by atomic mass is 10.3. The van der Waals surface area contributed by atoms with E-state index in [9.17, 15) is 12.8 Å². The first-order chi connectivity index (χ1) is 4.19. The second-order valence-corrected chi connectivity index (χ2v) is 5.65. The van der Waals surface area contributed by atoms with Gasteiger partial charge in [0.05, 0.1) is 4.75 Å². The molecule has 0 saturated heterocycles. The number of halogens is 1. The van der Waals surface area contributed by atoms with Crippen LogP contribution in [0.15, 0.2) is 11.7 Å². The predicted octanol–water partition coefficient (Wildman–Crippen LogP) is 1.64. The lowest BCUT2D eigenvalue weighted by Crippen LogP contribution is -2.27. The van der Waals surface area contributed by atoms with Gasteiger partial charge in [-0.25, -0.2) is 8.42 Å². The molecule has 2 nitrogen and oxygen atoms in total. The number of hydrogen-bond acceptors (Lipinski definition) is 2. The fourth-order valence-corrected chi connectivity index (χ4v) is 0.997. The highest BCUT2D eigenvalue weighted by Crippen LogP contribution is 2.22. The topological polar surface area (TPSA) is 34.1 Å². The van der Waals surface area contributed by atoms with Crippen LogP contribution in [0.5, 0.6) is 0 Å². The summed E-state index contributed by atoms with van der Waals surface area (Å²) in [7, 11) is -3.78. The Balaban J connectivity index is 4.98. The Hall–Kier alpha value is -0.380. The molecule has 0 aliphatic carbocycles. The SMILES string of the molecule is C=C(F)S(=O)(=O)C(C)(C)C. The summed E-state index contributed by atoms with van der Waals surface area (Å²) in [6.45, 7) is 7.01. The first-order valence-corrected chi connectivity index (χ1v) is 4.27. The van der Waals surface area contributed by atoms with Gasteiger partial charge in [-0.3, -0.25) is 0 Å². The minimum Gasteiger partial charge on any atom is -0.221 e. The van der Waals surface area contributed by atoms with E-state index in [4.69, 9.17) is 0 Å². The minimum atomic E-state index is -3.78. The van der Waals surface area contributed by atoms with Gasteiger partial charge in [0.2, 0.25) is 15.0 Å². The third-order valence-corrected chi connectivity index (χ3v) is 3.29. The maximum absolute atomic E-state index is 12.2. The number of sulfone groups is 1. The molecule has 0 rings (SSSR count). The lowest BCUT2D eigenvalue weighted by molar-refractivity contribution is 0.546. The molecule has 0 bridgehead atoms. The van der Waals surface area contributed by atoms with Crippen LogP contribution in [0.25, 0.3) is 0 Å². The third-order valence-electron chi connectivity index (χ3n) is 1.10. The fourth-order valence-electron chi connectivity index (χ4n) is 0.332. The molecule has 4 heteroatoms. The summed E-state index contributed by atoms with van der Waals surface area (Å²) >= 11 is 0. The highest BCUT2D eigenvalue weighted by Gasteiger charge is 2.31. The summed E-state index contributed by atoms with van der Waals surface area (Å²) < 4.78 is 32.9. The monoisotopic (exact) mass is 166 g/mol. The van der Waals surface area contributed by atoms with Gasteiger partial charge in [-0.15, -0.1) is 0 Å². The summed E-state index contributed by atoms with van der Waals surface area (Å²) in [5, 5.41) is -1.26. The van der Waals surface area contributed by atoms with Crippen molar-refractivity contribution in [1.82, 2.24) is 0 Å². The molecule has 0 N–H and O–H groups in total. The molecule has 10 heavy (non-hydrogen) atoms. The van der Waals surface area contributed by atoms with Crippen LogP contribution in [0.2, 0.25) is 0 Å². The van der Waals surface area contributed by atoms with E-state index >= 15 is 0 Å². The van der Waals surface area contributed by atoms with Crippen molar-refractivity contribution < 1.29 is 12.8 Å². The first kappa shape index (κ1) is 9.62. The third kappa shape index (κ3) is 1.56. The highest BCUT2D eigenvalue weighted by molar-refractivity contribution is 7.96. The Morgan fingerprint density at radius 2 is 1.70 bits per heavy atom. The van der Waals surface area contributed by atoms with Crippen LogP contribution < -0.4 is 0 Å². The molecule has 0 radical (unpaired) electrons. The van der Waals surface area contributed by atoms with Gasteiger partial charge >= 0.3 is 0 Å². The van der Waals surface area contributed by atoms with Gasteiger partial charge in [-0.1, -0.05) is 6.58 Å². The van der Waals surface area contributed by atoms with Crippen LogP contribution in [0.3, 0.4) is 0 Å². The molecule has 0 aromatic heterocycles. The molecule has 0 aliphatic rings. The van der Waals surface area contributed by atoms with Crippen LogP contribution in [0, 0.1) is 0 Å². The van der Waals surface area contributed by atoms with Crippen LogP contribution >= 0.6 is 0 Å². The van der Waals surface area contributed by atoms with Gasteiger partial charge in [-0.2, -0.15) is 4.39 Å². The fraction of sp³-hybridized carbons (Fsp3) is 0.667. The Morgan fingerprint density at radius 3 is 1.70 bits per heavy atom. The van der Waals surface area contributed by atoms with E-state index in [0.717, 1.165) is 0 Å². The molecule has 0 atom stereocenters. The van der Waals surface area contributed by atoms with Gasteiger partial charge in [0, 0.05) is 0 Å². The molecule has 0 spiro atoms. The summed E-state index contributed by atoms with van der Waals surface area (Å²) in [6, 6.07) is 0. The van der Waals surface area contributed by atoms with Crippen LogP contribution in [0.1, 0.15) is 20.8 Å². The van der Waals surface area contributed by atoms with Crippen molar-refractivity contribution in [2.24, 2.45) is 0 Å². The zero-order valence-corrected chi connectivity index (χ0v) is 7.13. The van der Waals surface area contributed by atoms with Crippen molar-refractivity contribution >= 4 is 9.84 Å². The quantitative estimate of drug-likeness (QED) is 0.593. The maximum Gasteiger partial charge on any atom is 0.209 e. The largest absolute Gasteiger partial charge is 0.221 e. The summed E-state index contributed by atoms with van der Waals surface area (Å²) in [6.07, 6.45) is 0.